The van der Waals surface area contributed by atoms with E-state index >= 15 is 0 Å². The highest BCUT2D eigenvalue weighted by Crippen LogP contribution is 2.36. The van der Waals surface area contributed by atoms with E-state index in [1.165, 1.54) is 148 Å². The number of hydrogen-bond donors (Lipinski definition) is 6. The zero-order valence-electron chi connectivity index (χ0n) is 62.5. The fourth-order valence-corrected chi connectivity index (χ4v) is 10.7. The van der Waals surface area contributed by atoms with Crippen molar-refractivity contribution < 1.29 is 120 Å². The summed E-state index contributed by atoms with van der Waals surface area (Å²) in [7, 11) is 1.24. The number of halogens is 12. The number of aromatic nitrogens is 11. The number of ether oxygens (including phenoxy) is 9. The molecule has 4 amide bonds. The Morgan fingerprint density at radius 3 is 1.20 bits per heavy atom. The molecule has 0 radical (unpaired) electrons. The van der Waals surface area contributed by atoms with Crippen LogP contribution >= 0.6 is 11.6 Å². The number of aromatic amines is 1. The standard InChI is InChI=1S/C22H19ClF2N4O4.C20H14F3N3O4.C19H15F3N4O3.C18H15F3N4O4/c23-22(24,25)33-18-3-1-16(2-4-18)29-20(30)14-9-19(15-10-26-13-27-11-15)21(28-12-14)32-17-5-7-31-8-6-17;1-29-19(28)16-7-2-12(8-17(16)13-9-24-11-25-10-13)18(27)26-14-3-5-15(6-4-14)30-20(21,22)23;1-2-28-18-16(13-8-23-11-24-9-13)7-12(10-25-18)17(27)26-14-3-5-15(6-4-14)29-19(20,21)22;19-18(20,21)29-13-3-1-12(2-4-13)24-16(27)11-9-14(15-5-6-23-25-15)17(22-10-11)28-8-7-26/h1-4,9-13,17H,5-8H2,(H,29,30);2-11H,1H3,(H,26,27);3-11H,2H2,1H3,(H,26,27);1-6,9-10,26H,7-8H2,(H,23,25)(H,24,27). The van der Waals surface area contributed by atoms with Crippen LogP contribution in [0.5, 0.6) is 40.6 Å². The highest BCUT2D eigenvalue weighted by atomic mass is 35.5. The summed E-state index contributed by atoms with van der Waals surface area (Å²) in [6.07, 6.45) is 6.00. The van der Waals surface area contributed by atoms with Crippen LogP contribution in [0.15, 0.2) is 220 Å². The van der Waals surface area contributed by atoms with Gasteiger partial charge in [-0.25, -0.2) is 49.7 Å². The lowest BCUT2D eigenvalue weighted by Crippen LogP contribution is -2.26. The maximum Gasteiger partial charge on any atom is 0.573 e. The number of rotatable bonds is 25. The summed E-state index contributed by atoms with van der Waals surface area (Å²) >= 11 is 4.75. The Labute approximate surface area is 681 Å². The van der Waals surface area contributed by atoms with Gasteiger partial charge in [0.25, 0.3) is 23.6 Å². The van der Waals surface area contributed by atoms with Gasteiger partial charge in [0, 0.05) is 148 Å². The van der Waals surface area contributed by atoms with Crippen molar-refractivity contribution in [3.63, 3.8) is 0 Å². The monoisotopic (exact) mass is 1710 g/mol. The number of aliphatic hydroxyl groups excluding tert-OH is 1. The summed E-state index contributed by atoms with van der Waals surface area (Å²) in [6, 6.07) is 30.3. The number of benzene rings is 5. The molecule has 12 aromatic rings. The number of nitrogens with one attached hydrogen (secondary N) is 5. The first-order valence-electron chi connectivity index (χ1n) is 35.1. The van der Waals surface area contributed by atoms with E-state index in [4.69, 9.17) is 40.4 Å². The van der Waals surface area contributed by atoms with Gasteiger partial charge in [-0.2, -0.15) is 5.10 Å². The molecule has 0 unspecified atom stereocenters. The lowest BCUT2D eigenvalue weighted by Gasteiger charge is -2.24. The molecule has 1 aliphatic rings. The molecule has 0 atom stereocenters. The Kier molecular flexibility index (Phi) is 30.4. The molecular formula is C79H63ClF11N15O15. The molecule has 0 bridgehead atoms. The van der Waals surface area contributed by atoms with Gasteiger partial charge >= 0.3 is 30.6 Å². The largest absolute Gasteiger partial charge is 0.573 e. The van der Waals surface area contributed by atoms with Crippen molar-refractivity contribution in [1.29, 1.82) is 0 Å². The first-order valence-corrected chi connectivity index (χ1v) is 35.5. The third-order valence-corrected chi connectivity index (χ3v) is 16.0. The fourth-order valence-electron chi connectivity index (χ4n) is 10.6. The van der Waals surface area contributed by atoms with Gasteiger partial charge in [0.2, 0.25) is 17.6 Å². The third kappa shape index (κ3) is 27.8. The molecule has 1 fully saturated rings. The molecule has 0 spiro atoms. The average molecular weight is 1710 g/mol. The molecule has 7 aromatic heterocycles. The lowest BCUT2D eigenvalue weighted by molar-refractivity contribution is -0.275. The molecule has 5 aromatic carbocycles. The van der Waals surface area contributed by atoms with Gasteiger partial charge < -0.3 is 69.0 Å². The molecule has 0 aliphatic carbocycles. The average Bonchev–Trinajstić information content (AvgIpc) is 1.02. The Morgan fingerprint density at radius 2 is 0.826 bits per heavy atom. The molecule has 1 aliphatic heterocycles. The number of pyridine rings is 3. The van der Waals surface area contributed by atoms with Crippen LogP contribution < -0.4 is 54.4 Å². The van der Waals surface area contributed by atoms with Crippen molar-refractivity contribution in [2.24, 2.45) is 0 Å². The molecule has 8 heterocycles. The molecule has 6 N–H and O–H groups in total. The van der Waals surface area contributed by atoms with Crippen LogP contribution in [0.3, 0.4) is 0 Å². The number of esters is 1. The molecule has 628 valence electrons. The summed E-state index contributed by atoms with van der Waals surface area (Å²) in [4.78, 5) is 98.9. The van der Waals surface area contributed by atoms with Gasteiger partial charge in [-0.05, 0) is 146 Å². The van der Waals surface area contributed by atoms with Crippen LogP contribution in [0, 0.1) is 0 Å². The van der Waals surface area contributed by atoms with Crippen LogP contribution in [0.1, 0.15) is 71.6 Å². The minimum atomic E-state index is -4.80. The van der Waals surface area contributed by atoms with Crippen molar-refractivity contribution in [2.75, 3.05) is 61.4 Å². The fraction of sp³-hybridized carbons (Fsp3) is 0.177. The SMILES string of the molecule is CCOc1ncc(C(=O)Nc2ccc(OC(F)(F)F)cc2)cc1-c1cncnc1.COC(=O)c1ccc(C(=O)Nc2ccc(OC(F)(F)F)cc2)cc1-c1cncnc1.O=C(Nc1ccc(OC(F)(F)Cl)cc1)c1cnc(OC2CCOCC2)c(-c2cncnc2)c1.O=C(Nc1ccc(OC(F)(F)F)cc1)c1cnc(OCCO)c(-c2ccn[nH]2)c1. The number of H-pyrrole nitrogens is 1. The van der Waals surface area contributed by atoms with E-state index in [1.807, 2.05) is 0 Å². The van der Waals surface area contributed by atoms with Gasteiger partial charge in [-0.15, -0.1) is 48.3 Å². The zero-order chi connectivity index (χ0) is 86.7. The molecular weight excluding hydrogens is 1640 g/mol. The molecule has 30 nitrogen and oxygen atoms in total. The molecule has 42 heteroatoms. The topological polar surface area (TPSA) is 381 Å². The second-order valence-corrected chi connectivity index (χ2v) is 24.8. The summed E-state index contributed by atoms with van der Waals surface area (Å²) in [5, 5.41) is 25.9. The van der Waals surface area contributed by atoms with Gasteiger partial charge in [0.05, 0.1) is 67.0 Å². The molecule has 13 rings (SSSR count). The normalized spacial score (nSPS) is 12.0. The maximum atomic E-state index is 12.8. The summed E-state index contributed by atoms with van der Waals surface area (Å²) < 4.78 is 178. The minimum Gasteiger partial charge on any atom is -0.478 e. The number of alkyl halides is 12. The van der Waals surface area contributed by atoms with Crippen molar-refractivity contribution in [3.8, 4) is 85.3 Å². The second kappa shape index (κ2) is 41.5. The first kappa shape index (κ1) is 88.7. The highest BCUT2D eigenvalue weighted by molar-refractivity contribution is 6.20. The first-order chi connectivity index (χ1) is 57.8. The van der Waals surface area contributed by atoms with Crippen molar-refractivity contribution in [3.05, 3.63) is 248 Å². The van der Waals surface area contributed by atoms with E-state index in [0.717, 1.165) is 49.2 Å². The molecule has 0 saturated carbocycles. The number of carbonyl (C=O) groups excluding carboxylic acids is 5. The van der Waals surface area contributed by atoms with E-state index in [0.29, 0.717) is 87.6 Å². The second-order valence-electron chi connectivity index (χ2n) is 24.4. The number of nitrogens with zero attached hydrogens (tertiary/aromatic N) is 10. The smallest absolute Gasteiger partial charge is 0.478 e. The van der Waals surface area contributed by atoms with E-state index in [2.05, 4.69) is 95.3 Å². The Balaban J connectivity index is 0.000000170. The Bertz CT molecular complexity index is 5430. The predicted molar refractivity (Wildman–Crippen MR) is 408 cm³/mol. The van der Waals surface area contributed by atoms with Crippen molar-refractivity contribution in [2.45, 2.75) is 50.5 Å². The van der Waals surface area contributed by atoms with Crippen LogP contribution in [0.2, 0.25) is 0 Å². The van der Waals surface area contributed by atoms with Crippen LogP contribution in [0.25, 0.3) is 44.6 Å². The van der Waals surface area contributed by atoms with E-state index in [1.54, 1.807) is 49.9 Å². The van der Waals surface area contributed by atoms with E-state index in [9.17, 15) is 72.3 Å². The Morgan fingerprint density at radius 1 is 0.463 bits per heavy atom. The third-order valence-electron chi connectivity index (χ3n) is 15.9. The molecule has 121 heavy (non-hydrogen) atoms. The predicted octanol–water partition coefficient (Wildman–Crippen LogP) is 15.7. The number of anilines is 4. The number of methoxy groups -OCH3 is 1. The lowest BCUT2D eigenvalue weighted by atomic mass is 9.99. The van der Waals surface area contributed by atoms with E-state index in [-0.39, 0.29) is 75.9 Å². The van der Waals surface area contributed by atoms with Gasteiger partial charge in [0.15, 0.2) is 0 Å². The number of aliphatic hydroxyl groups is 1. The van der Waals surface area contributed by atoms with Gasteiger partial charge in [-0.3, -0.25) is 24.3 Å². The summed E-state index contributed by atoms with van der Waals surface area (Å²) in [6.45, 7) is 3.22. The van der Waals surface area contributed by atoms with Crippen LogP contribution in [-0.4, -0.2) is 161 Å². The van der Waals surface area contributed by atoms with Crippen molar-refractivity contribution >= 4 is 63.9 Å². The van der Waals surface area contributed by atoms with E-state index < -0.39 is 65.8 Å². The van der Waals surface area contributed by atoms with Gasteiger partial charge in [-0.1, -0.05) is 0 Å². The number of amides is 4. The zero-order valence-corrected chi connectivity index (χ0v) is 63.2. The van der Waals surface area contributed by atoms with Gasteiger partial charge in [0.1, 0.15) is 54.7 Å². The summed E-state index contributed by atoms with van der Waals surface area (Å²) in [5.74, 6) is -3.04. The summed E-state index contributed by atoms with van der Waals surface area (Å²) in [5.41, 5.74) is 2.75. The maximum absolute atomic E-state index is 12.8. The number of hydrogen-bond acceptors (Lipinski definition) is 25. The Hall–Kier alpha value is -14.6. The van der Waals surface area contributed by atoms with Crippen LogP contribution in [-0.2, 0) is 9.47 Å². The highest BCUT2D eigenvalue weighted by Gasteiger charge is 2.34. The van der Waals surface area contributed by atoms with Crippen LogP contribution in [0.4, 0.5) is 71.0 Å². The molecule has 1 saturated heterocycles. The number of carbonyl (C=O) groups is 5. The van der Waals surface area contributed by atoms with Crippen molar-refractivity contribution in [1.82, 2.24) is 55.1 Å². The quantitative estimate of drug-likeness (QED) is 0.0176. The minimum absolute atomic E-state index is 0.0199.